The number of likely N-dealkylation sites (tertiary alicyclic amines) is 1. The fraction of sp³-hybridized carbons (Fsp3) is 0.467. The zero-order valence-electron chi connectivity index (χ0n) is 21.9. The van der Waals surface area contributed by atoms with Crippen molar-refractivity contribution in [2.45, 2.75) is 71.4 Å². The van der Waals surface area contributed by atoms with Gasteiger partial charge in [-0.2, -0.15) is 0 Å². The number of hydrogen-bond donors (Lipinski definition) is 0. The van der Waals surface area contributed by atoms with Crippen LogP contribution in [0.25, 0.3) is 0 Å². The number of amides is 2. The second kappa shape index (κ2) is 12.7. The number of rotatable bonds is 7. The van der Waals surface area contributed by atoms with Crippen molar-refractivity contribution in [2.24, 2.45) is 4.99 Å². The number of esters is 1. The number of fused-ring (bicyclic) bond motifs is 1. The van der Waals surface area contributed by atoms with Crippen molar-refractivity contribution >= 4 is 29.2 Å². The minimum absolute atomic E-state index is 0.0568. The molecule has 2 aromatic carbocycles. The van der Waals surface area contributed by atoms with E-state index in [0.717, 1.165) is 48.1 Å². The highest BCUT2D eigenvalue weighted by Gasteiger charge is 2.35. The molecule has 0 aliphatic carbocycles. The zero-order chi connectivity index (χ0) is 26.2. The molecule has 0 radical (unpaired) electrons. The Morgan fingerprint density at radius 1 is 0.973 bits per heavy atom. The highest BCUT2D eigenvalue weighted by Crippen LogP contribution is 2.31. The van der Waals surface area contributed by atoms with Crippen molar-refractivity contribution in [1.82, 2.24) is 4.90 Å². The van der Waals surface area contributed by atoms with Crippen molar-refractivity contribution in [1.29, 1.82) is 0 Å². The summed E-state index contributed by atoms with van der Waals surface area (Å²) in [5, 5.41) is 0. The summed E-state index contributed by atoms with van der Waals surface area (Å²) in [6, 6.07) is 14.3. The van der Waals surface area contributed by atoms with Gasteiger partial charge in [0.1, 0.15) is 19.2 Å². The number of anilines is 1. The number of carbonyl (C=O) groups excluding carboxylic acids is 3. The Bertz CT molecular complexity index is 1140. The van der Waals surface area contributed by atoms with Gasteiger partial charge in [-0.25, -0.2) is 0 Å². The highest BCUT2D eigenvalue weighted by molar-refractivity contribution is 6.15. The summed E-state index contributed by atoms with van der Waals surface area (Å²) in [6.07, 6.45) is 5.84. The third-order valence-corrected chi connectivity index (χ3v) is 7.12. The van der Waals surface area contributed by atoms with Gasteiger partial charge >= 0.3 is 5.97 Å². The van der Waals surface area contributed by atoms with E-state index in [-0.39, 0.29) is 31.4 Å². The minimum atomic E-state index is -0.940. The van der Waals surface area contributed by atoms with Gasteiger partial charge in [-0.1, -0.05) is 74.7 Å². The van der Waals surface area contributed by atoms with Crippen molar-refractivity contribution < 1.29 is 19.1 Å². The number of aryl methyl sites for hydroxylation is 1. The molecular weight excluding hydrogens is 466 g/mol. The molecule has 4 rings (SSSR count). The number of carbonyl (C=O) groups is 3. The molecule has 0 saturated carbocycles. The first-order chi connectivity index (χ1) is 18.0. The molecule has 2 aromatic rings. The summed E-state index contributed by atoms with van der Waals surface area (Å²) in [5.74, 6) is -0.884. The summed E-state index contributed by atoms with van der Waals surface area (Å²) in [6.45, 7) is 5.45. The van der Waals surface area contributed by atoms with Gasteiger partial charge < -0.3 is 14.5 Å². The normalized spacial score (nSPS) is 18.3. The smallest absolute Gasteiger partial charge is 0.308 e. The summed E-state index contributed by atoms with van der Waals surface area (Å²) in [7, 11) is 0. The number of benzene rings is 2. The molecule has 0 bridgehead atoms. The Morgan fingerprint density at radius 3 is 2.38 bits per heavy atom. The molecule has 2 aliphatic rings. The lowest BCUT2D eigenvalue weighted by Crippen LogP contribution is -2.47. The summed E-state index contributed by atoms with van der Waals surface area (Å²) in [4.78, 5) is 48.4. The van der Waals surface area contributed by atoms with Gasteiger partial charge in [0, 0.05) is 24.4 Å². The summed E-state index contributed by atoms with van der Waals surface area (Å²) < 4.78 is 5.47. The van der Waals surface area contributed by atoms with E-state index in [1.54, 1.807) is 4.90 Å². The standard InChI is InChI=1S/C30H37N3O4/c1-3-25-24-16-12-13-22(2)29(24)33(20-27(34)32-17-10-5-4-6-11-18-32)30(36)26(31-25)19-28(35)37-21-23-14-8-7-9-15-23/h7-9,12-16,26H,3-6,10-11,17-21H2,1-2H3/t26-/m0/s1. The van der Waals surface area contributed by atoms with E-state index in [4.69, 9.17) is 9.73 Å². The maximum Gasteiger partial charge on any atom is 0.308 e. The number of nitrogens with zero attached hydrogens (tertiary/aromatic N) is 3. The molecule has 2 heterocycles. The average molecular weight is 504 g/mol. The SMILES string of the molecule is CCC1=N[C@@H](CC(=O)OCc2ccccc2)C(=O)N(CC(=O)N2CCCCCCC2)c2c(C)cccc21. The van der Waals surface area contributed by atoms with Crippen molar-refractivity contribution in [3.05, 3.63) is 65.2 Å². The van der Waals surface area contributed by atoms with Crippen LogP contribution in [-0.2, 0) is 25.7 Å². The first kappa shape index (κ1) is 26.6. The molecule has 0 unspecified atom stereocenters. The van der Waals surface area contributed by atoms with Gasteiger partial charge in [-0.3, -0.25) is 19.4 Å². The molecule has 0 aromatic heterocycles. The van der Waals surface area contributed by atoms with Crippen LogP contribution >= 0.6 is 0 Å². The molecular formula is C30H37N3O4. The van der Waals surface area contributed by atoms with Gasteiger partial charge in [0.25, 0.3) is 5.91 Å². The van der Waals surface area contributed by atoms with E-state index in [2.05, 4.69) is 0 Å². The van der Waals surface area contributed by atoms with Crippen LogP contribution in [0.2, 0.25) is 0 Å². The maximum atomic E-state index is 13.9. The second-order valence-corrected chi connectivity index (χ2v) is 9.84. The fourth-order valence-electron chi connectivity index (χ4n) is 5.11. The molecule has 1 atom stereocenters. The Morgan fingerprint density at radius 2 is 1.68 bits per heavy atom. The average Bonchev–Trinajstić information content (AvgIpc) is 2.99. The topological polar surface area (TPSA) is 79.3 Å². The number of aliphatic imine (C=N–C) groups is 1. The van der Waals surface area contributed by atoms with E-state index in [1.165, 1.54) is 6.42 Å². The Hall–Kier alpha value is -3.48. The van der Waals surface area contributed by atoms with Crippen LogP contribution in [-0.4, -0.2) is 54.1 Å². The Balaban J connectivity index is 1.58. The van der Waals surface area contributed by atoms with Gasteiger partial charge in [-0.05, 0) is 37.3 Å². The third kappa shape index (κ3) is 6.64. The quantitative estimate of drug-likeness (QED) is 0.507. The van der Waals surface area contributed by atoms with Crippen LogP contribution < -0.4 is 4.90 Å². The Kier molecular flexibility index (Phi) is 9.09. The van der Waals surface area contributed by atoms with Crippen LogP contribution in [0.1, 0.15) is 68.6 Å². The third-order valence-electron chi connectivity index (χ3n) is 7.12. The largest absolute Gasteiger partial charge is 0.461 e. The monoisotopic (exact) mass is 503 g/mol. The van der Waals surface area contributed by atoms with Crippen molar-refractivity contribution in [3.8, 4) is 0 Å². The van der Waals surface area contributed by atoms with Crippen LogP contribution in [0.5, 0.6) is 0 Å². The van der Waals surface area contributed by atoms with Gasteiger partial charge in [0.2, 0.25) is 5.91 Å². The molecule has 2 aliphatic heterocycles. The van der Waals surface area contributed by atoms with Gasteiger partial charge in [0.05, 0.1) is 12.1 Å². The van der Waals surface area contributed by atoms with Gasteiger partial charge in [-0.15, -0.1) is 0 Å². The zero-order valence-corrected chi connectivity index (χ0v) is 21.9. The van der Waals surface area contributed by atoms with Crippen LogP contribution in [0.4, 0.5) is 5.69 Å². The number of ether oxygens (including phenoxy) is 1. The number of hydrogen-bond acceptors (Lipinski definition) is 5. The van der Waals surface area contributed by atoms with Crippen molar-refractivity contribution in [3.63, 3.8) is 0 Å². The Labute approximate surface area is 219 Å². The second-order valence-electron chi connectivity index (χ2n) is 9.84. The fourth-order valence-corrected chi connectivity index (χ4v) is 5.11. The summed E-state index contributed by atoms with van der Waals surface area (Å²) in [5.41, 5.74) is 4.10. The van der Waals surface area contributed by atoms with E-state index in [9.17, 15) is 14.4 Å². The molecule has 7 heteroatoms. The van der Waals surface area contributed by atoms with Crippen LogP contribution in [0, 0.1) is 6.92 Å². The molecule has 0 spiro atoms. The maximum absolute atomic E-state index is 13.9. The first-order valence-corrected chi connectivity index (χ1v) is 13.4. The van der Waals surface area contributed by atoms with E-state index >= 15 is 0 Å². The molecule has 0 N–H and O–H groups in total. The predicted octanol–water partition coefficient (Wildman–Crippen LogP) is 4.84. The first-order valence-electron chi connectivity index (χ1n) is 13.4. The highest BCUT2D eigenvalue weighted by atomic mass is 16.5. The summed E-state index contributed by atoms with van der Waals surface area (Å²) >= 11 is 0. The number of para-hydroxylation sites is 1. The molecule has 1 fully saturated rings. The molecule has 1 saturated heterocycles. The molecule has 37 heavy (non-hydrogen) atoms. The number of benzodiazepines with no additional fused rings is 1. The van der Waals surface area contributed by atoms with E-state index in [0.29, 0.717) is 25.2 Å². The lowest BCUT2D eigenvalue weighted by molar-refractivity contribution is -0.146. The molecule has 7 nitrogen and oxygen atoms in total. The lowest BCUT2D eigenvalue weighted by atomic mass is 10.0. The van der Waals surface area contributed by atoms with Crippen molar-refractivity contribution in [2.75, 3.05) is 24.5 Å². The van der Waals surface area contributed by atoms with Crippen LogP contribution in [0.15, 0.2) is 53.5 Å². The lowest BCUT2D eigenvalue weighted by Gasteiger charge is -2.30. The molecule has 2 amide bonds. The molecule has 196 valence electrons. The minimum Gasteiger partial charge on any atom is -0.461 e. The van der Waals surface area contributed by atoms with E-state index < -0.39 is 12.0 Å². The van der Waals surface area contributed by atoms with E-state index in [1.807, 2.05) is 67.3 Å². The predicted molar refractivity (Wildman–Crippen MR) is 145 cm³/mol. The van der Waals surface area contributed by atoms with Gasteiger partial charge in [0.15, 0.2) is 0 Å². The van der Waals surface area contributed by atoms with Crippen LogP contribution in [0.3, 0.4) is 0 Å².